The van der Waals surface area contributed by atoms with Crippen LogP contribution in [0.25, 0.3) is 0 Å². The lowest BCUT2D eigenvalue weighted by atomic mass is 9.74. The quantitative estimate of drug-likeness (QED) is 0.868. The van der Waals surface area contributed by atoms with Crippen molar-refractivity contribution in [2.45, 2.75) is 43.0 Å². The molecule has 0 atom stereocenters. The number of nitrogens with one attached hydrogen (secondary N) is 1. The smallest absolute Gasteiger partial charge is 0.261 e. The minimum absolute atomic E-state index is 0.0380. The summed E-state index contributed by atoms with van der Waals surface area (Å²) in [6.07, 6.45) is 3.59. The molecule has 0 heterocycles. The minimum atomic E-state index is -4.07. The first-order chi connectivity index (χ1) is 9.26. The maximum absolute atomic E-state index is 13.4. The van der Waals surface area contributed by atoms with Crippen LogP contribution in [0.3, 0.4) is 0 Å². The fraction of sp³-hybridized carbons (Fsp3) is 0.462. The second-order valence-corrected chi connectivity index (χ2v) is 7.62. The summed E-state index contributed by atoms with van der Waals surface area (Å²) in [6.45, 7) is 1.97. The molecule has 110 valence electrons. The van der Waals surface area contributed by atoms with Crippen molar-refractivity contribution in [3.05, 3.63) is 29.6 Å². The monoisotopic (exact) mass is 319 g/mol. The highest BCUT2D eigenvalue weighted by molar-refractivity contribution is 8.13. The Kier molecular flexibility index (Phi) is 4.07. The summed E-state index contributed by atoms with van der Waals surface area (Å²) in [6, 6.07) is 2.88. The van der Waals surface area contributed by atoms with E-state index in [0.29, 0.717) is 0 Å². The van der Waals surface area contributed by atoms with Gasteiger partial charge in [-0.1, -0.05) is 6.92 Å². The van der Waals surface area contributed by atoms with Crippen LogP contribution in [0, 0.1) is 5.82 Å². The Morgan fingerprint density at radius 2 is 2.05 bits per heavy atom. The van der Waals surface area contributed by atoms with Gasteiger partial charge in [0.15, 0.2) is 0 Å². The van der Waals surface area contributed by atoms with E-state index < -0.39 is 25.7 Å². The van der Waals surface area contributed by atoms with E-state index >= 15 is 0 Å². The minimum Gasteiger partial charge on any atom is -0.347 e. The van der Waals surface area contributed by atoms with Crippen LogP contribution in [0.5, 0.6) is 0 Å². The lowest BCUT2D eigenvalue weighted by Crippen LogP contribution is -2.53. The van der Waals surface area contributed by atoms with Gasteiger partial charge >= 0.3 is 0 Å². The average molecular weight is 320 g/mol. The zero-order chi connectivity index (χ0) is 15.0. The second-order valence-electron chi connectivity index (χ2n) is 5.06. The Balaban J connectivity index is 2.28. The predicted octanol–water partition coefficient (Wildman–Crippen LogP) is 2.82. The number of carbonyl (C=O) groups is 1. The van der Waals surface area contributed by atoms with Crippen molar-refractivity contribution in [3.63, 3.8) is 0 Å². The van der Waals surface area contributed by atoms with Crippen LogP contribution in [0.4, 0.5) is 4.39 Å². The Labute approximate surface area is 121 Å². The molecule has 0 aromatic heterocycles. The molecule has 1 fully saturated rings. The van der Waals surface area contributed by atoms with Gasteiger partial charge in [0.05, 0.1) is 4.90 Å². The Morgan fingerprint density at radius 3 is 2.50 bits per heavy atom. The highest BCUT2D eigenvalue weighted by Crippen LogP contribution is 2.35. The normalized spacial score (nSPS) is 17.4. The first-order valence-corrected chi connectivity index (χ1v) is 8.64. The van der Waals surface area contributed by atoms with Gasteiger partial charge in [0.1, 0.15) is 5.82 Å². The van der Waals surface area contributed by atoms with E-state index in [2.05, 4.69) is 5.32 Å². The molecule has 1 aliphatic rings. The zero-order valence-corrected chi connectivity index (χ0v) is 12.5. The van der Waals surface area contributed by atoms with E-state index in [-0.39, 0.29) is 11.1 Å². The van der Waals surface area contributed by atoms with Crippen molar-refractivity contribution in [2.24, 2.45) is 0 Å². The SMILES string of the molecule is CCC1(NC(=O)c2cc(F)cc(S(=O)(=O)Cl)c2)CCC1. The molecule has 1 amide bonds. The number of hydrogen-bond acceptors (Lipinski definition) is 3. The van der Waals surface area contributed by atoms with Gasteiger partial charge in [-0.3, -0.25) is 4.79 Å². The lowest BCUT2D eigenvalue weighted by molar-refractivity contribution is 0.0819. The van der Waals surface area contributed by atoms with Gasteiger partial charge in [-0.25, -0.2) is 12.8 Å². The molecule has 1 aliphatic carbocycles. The second kappa shape index (κ2) is 5.33. The van der Waals surface area contributed by atoms with Gasteiger partial charge < -0.3 is 5.32 Å². The molecule has 0 bridgehead atoms. The van der Waals surface area contributed by atoms with Gasteiger partial charge in [0.25, 0.3) is 15.0 Å². The molecule has 1 saturated carbocycles. The summed E-state index contributed by atoms with van der Waals surface area (Å²) in [5.41, 5.74) is -0.285. The summed E-state index contributed by atoms with van der Waals surface area (Å²) in [5.74, 6) is -1.29. The molecule has 2 rings (SSSR count). The number of halogens is 2. The third kappa shape index (κ3) is 3.12. The third-order valence-electron chi connectivity index (χ3n) is 3.78. The molecular formula is C13H15ClFNO3S. The summed E-state index contributed by atoms with van der Waals surface area (Å²) >= 11 is 0. The fourth-order valence-corrected chi connectivity index (χ4v) is 3.11. The standard InChI is InChI=1S/C13H15ClFNO3S/c1-2-13(4-3-5-13)16-12(17)9-6-10(15)8-11(7-9)20(14,18)19/h6-8H,2-5H2,1H3,(H,16,17). The molecule has 7 heteroatoms. The van der Waals surface area contributed by atoms with E-state index in [1.165, 1.54) is 0 Å². The van der Waals surface area contributed by atoms with Crippen LogP contribution in [-0.4, -0.2) is 19.9 Å². The zero-order valence-electron chi connectivity index (χ0n) is 10.9. The topological polar surface area (TPSA) is 63.2 Å². The summed E-state index contributed by atoms with van der Waals surface area (Å²) in [4.78, 5) is 11.7. The summed E-state index contributed by atoms with van der Waals surface area (Å²) in [7, 11) is 1.11. The van der Waals surface area contributed by atoms with Crippen molar-refractivity contribution in [1.82, 2.24) is 5.32 Å². The number of hydrogen-bond donors (Lipinski definition) is 1. The van der Waals surface area contributed by atoms with Gasteiger partial charge in [-0.2, -0.15) is 0 Å². The fourth-order valence-electron chi connectivity index (χ4n) is 2.32. The highest BCUT2D eigenvalue weighted by atomic mass is 35.7. The van der Waals surface area contributed by atoms with E-state index in [9.17, 15) is 17.6 Å². The molecular weight excluding hydrogens is 305 g/mol. The van der Waals surface area contributed by atoms with Crippen molar-refractivity contribution >= 4 is 25.6 Å². The number of benzene rings is 1. The van der Waals surface area contributed by atoms with Gasteiger partial charge in [-0.05, 0) is 43.9 Å². The molecule has 1 N–H and O–H groups in total. The number of amides is 1. The largest absolute Gasteiger partial charge is 0.347 e. The van der Waals surface area contributed by atoms with Crippen LogP contribution in [0.1, 0.15) is 43.0 Å². The predicted molar refractivity (Wildman–Crippen MR) is 73.8 cm³/mol. The molecule has 0 radical (unpaired) electrons. The van der Waals surface area contributed by atoms with E-state index in [0.717, 1.165) is 43.9 Å². The Bertz CT molecular complexity index is 636. The molecule has 4 nitrogen and oxygen atoms in total. The lowest BCUT2D eigenvalue weighted by Gasteiger charge is -2.42. The van der Waals surface area contributed by atoms with Gasteiger partial charge in [0, 0.05) is 21.8 Å². The van der Waals surface area contributed by atoms with Crippen molar-refractivity contribution < 1.29 is 17.6 Å². The first-order valence-electron chi connectivity index (χ1n) is 6.33. The summed E-state index contributed by atoms with van der Waals surface area (Å²) < 4.78 is 35.9. The number of carbonyl (C=O) groups excluding carboxylic acids is 1. The van der Waals surface area contributed by atoms with Crippen LogP contribution >= 0.6 is 10.7 Å². The molecule has 0 aliphatic heterocycles. The van der Waals surface area contributed by atoms with Crippen molar-refractivity contribution in [1.29, 1.82) is 0 Å². The van der Waals surface area contributed by atoms with Crippen molar-refractivity contribution in [2.75, 3.05) is 0 Å². The third-order valence-corrected chi connectivity index (χ3v) is 5.11. The molecule has 1 aromatic rings. The van der Waals surface area contributed by atoms with E-state index in [4.69, 9.17) is 10.7 Å². The van der Waals surface area contributed by atoms with E-state index in [1.807, 2.05) is 6.92 Å². The maximum Gasteiger partial charge on any atom is 0.261 e. The van der Waals surface area contributed by atoms with Crippen LogP contribution < -0.4 is 5.32 Å². The number of rotatable bonds is 4. The van der Waals surface area contributed by atoms with Crippen LogP contribution in [0.2, 0.25) is 0 Å². The van der Waals surface area contributed by atoms with Crippen LogP contribution in [-0.2, 0) is 9.05 Å². The highest BCUT2D eigenvalue weighted by Gasteiger charge is 2.36. The molecule has 20 heavy (non-hydrogen) atoms. The Hall–Kier alpha value is -1.14. The van der Waals surface area contributed by atoms with Gasteiger partial charge in [0.2, 0.25) is 0 Å². The molecule has 0 saturated heterocycles. The van der Waals surface area contributed by atoms with Crippen molar-refractivity contribution in [3.8, 4) is 0 Å². The average Bonchev–Trinajstić information content (AvgIpc) is 2.31. The molecule has 0 unspecified atom stereocenters. The maximum atomic E-state index is 13.4. The summed E-state index contributed by atoms with van der Waals surface area (Å²) in [5, 5.41) is 2.86. The Morgan fingerprint density at radius 1 is 1.40 bits per heavy atom. The molecule has 1 aromatic carbocycles. The van der Waals surface area contributed by atoms with Crippen LogP contribution in [0.15, 0.2) is 23.1 Å². The molecule has 0 spiro atoms. The first kappa shape index (κ1) is 15.3. The van der Waals surface area contributed by atoms with Gasteiger partial charge in [-0.15, -0.1) is 0 Å². The van der Waals surface area contributed by atoms with E-state index in [1.54, 1.807) is 0 Å².